The van der Waals surface area contributed by atoms with Gasteiger partial charge in [-0.05, 0) is 26.3 Å². The molecule has 0 spiro atoms. The highest BCUT2D eigenvalue weighted by atomic mass is 16.1. The van der Waals surface area contributed by atoms with Crippen LogP contribution >= 0.6 is 0 Å². The highest BCUT2D eigenvalue weighted by molar-refractivity contribution is 5.89. The number of aryl methyl sites for hydroxylation is 2. The van der Waals surface area contributed by atoms with Gasteiger partial charge >= 0.3 is 0 Å². The van der Waals surface area contributed by atoms with E-state index in [0.29, 0.717) is 6.42 Å². The van der Waals surface area contributed by atoms with Crippen LogP contribution in [0.1, 0.15) is 37.8 Å². The van der Waals surface area contributed by atoms with Gasteiger partial charge < -0.3 is 11.1 Å². The first kappa shape index (κ1) is 13.7. The van der Waals surface area contributed by atoms with Crippen LogP contribution in [0.25, 0.3) is 0 Å². The number of nitrogens with one attached hydrogen (secondary N) is 1. The van der Waals surface area contributed by atoms with Gasteiger partial charge in [-0.25, -0.2) is 0 Å². The van der Waals surface area contributed by atoms with Crippen LogP contribution in [0.4, 0.5) is 5.82 Å². The number of carbonyl (C=O) groups excluding carboxylic acids is 1. The van der Waals surface area contributed by atoms with Crippen LogP contribution < -0.4 is 11.1 Å². The average molecular weight is 238 g/mol. The Morgan fingerprint density at radius 3 is 2.71 bits per heavy atom. The molecule has 0 unspecified atom stereocenters. The molecule has 17 heavy (non-hydrogen) atoms. The summed E-state index contributed by atoms with van der Waals surface area (Å²) in [5.74, 6) is 0.815. The molecule has 96 valence electrons. The lowest BCUT2D eigenvalue weighted by molar-refractivity contribution is -0.116. The van der Waals surface area contributed by atoms with Gasteiger partial charge in [0, 0.05) is 19.5 Å². The first-order valence-electron chi connectivity index (χ1n) is 6.14. The Morgan fingerprint density at radius 1 is 1.41 bits per heavy atom. The lowest BCUT2D eigenvalue weighted by Crippen LogP contribution is -2.13. The van der Waals surface area contributed by atoms with E-state index >= 15 is 0 Å². The fourth-order valence-corrected chi connectivity index (χ4v) is 1.72. The molecule has 0 saturated carbocycles. The molecule has 0 atom stereocenters. The predicted molar refractivity (Wildman–Crippen MR) is 68.7 cm³/mol. The number of carbonyl (C=O) groups is 1. The van der Waals surface area contributed by atoms with Crippen LogP contribution in [0.15, 0.2) is 6.07 Å². The van der Waals surface area contributed by atoms with Crippen LogP contribution in [0, 0.1) is 6.92 Å². The number of nitrogens with zero attached hydrogens (tertiary/aromatic N) is 2. The zero-order valence-corrected chi connectivity index (χ0v) is 10.7. The number of rotatable bonds is 7. The van der Waals surface area contributed by atoms with Crippen molar-refractivity contribution in [2.75, 3.05) is 11.9 Å². The third-order valence-electron chi connectivity index (χ3n) is 2.63. The van der Waals surface area contributed by atoms with Crippen LogP contribution in [-0.4, -0.2) is 22.2 Å². The Hall–Kier alpha value is -1.36. The highest BCUT2D eigenvalue weighted by Gasteiger charge is 2.06. The van der Waals surface area contributed by atoms with Crippen molar-refractivity contribution < 1.29 is 4.79 Å². The molecule has 0 bridgehead atoms. The molecular weight excluding hydrogens is 216 g/mol. The van der Waals surface area contributed by atoms with Crippen molar-refractivity contribution in [3.63, 3.8) is 0 Å². The molecule has 1 aromatic rings. The summed E-state index contributed by atoms with van der Waals surface area (Å²) in [6.45, 7) is 2.64. The fourth-order valence-electron chi connectivity index (χ4n) is 1.72. The standard InChI is InChI=1S/C12H22N4O/c1-10-9-11(16(2)15-10)14-12(17)7-5-3-4-6-8-13/h9H,3-8,13H2,1-2H3,(H,14,17). The number of hydrogen-bond donors (Lipinski definition) is 2. The molecule has 0 aliphatic carbocycles. The summed E-state index contributed by atoms with van der Waals surface area (Å²) in [7, 11) is 1.82. The zero-order chi connectivity index (χ0) is 12.7. The maximum Gasteiger partial charge on any atom is 0.225 e. The number of hydrogen-bond acceptors (Lipinski definition) is 3. The summed E-state index contributed by atoms with van der Waals surface area (Å²) >= 11 is 0. The van der Waals surface area contributed by atoms with Gasteiger partial charge in [0.25, 0.3) is 0 Å². The minimum atomic E-state index is 0.0562. The molecule has 0 saturated heterocycles. The van der Waals surface area contributed by atoms with E-state index in [2.05, 4.69) is 10.4 Å². The molecule has 1 rings (SSSR count). The van der Waals surface area contributed by atoms with E-state index < -0.39 is 0 Å². The molecule has 0 fully saturated rings. The summed E-state index contributed by atoms with van der Waals surface area (Å²) < 4.78 is 1.68. The Labute approximate surface area is 102 Å². The monoisotopic (exact) mass is 238 g/mol. The molecule has 5 nitrogen and oxygen atoms in total. The minimum Gasteiger partial charge on any atom is -0.330 e. The Kier molecular flexibility index (Phi) is 5.69. The number of anilines is 1. The van der Waals surface area contributed by atoms with E-state index in [-0.39, 0.29) is 5.91 Å². The predicted octanol–water partition coefficient (Wildman–Crippen LogP) is 1.58. The molecule has 0 radical (unpaired) electrons. The third-order valence-corrected chi connectivity index (χ3v) is 2.63. The second kappa shape index (κ2) is 7.06. The van der Waals surface area contributed by atoms with Gasteiger partial charge in [0.2, 0.25) is 5.91 Å². The van der Waals surface area contributed by atoms with Crippen LogP contribution in [0.5, 0.6) is 0 Å². The largest absolute Gasteiger partial charge is 0.330 e. The number of aromatic nitrogens is 2. The second-order valence-corrected chi connectivity index (χ2v) is 4.30. The lowest BCUT2D eigenvalue weighted by Gasteiger charge is -2.04. The van der Waals surface area contributed by atoms with Gasteiger partial charge in [-0.2, -0.15) is 5.10 Å². The van der Waals surface area contributed by atoms with Crippen LogP contribution in [0.2, 0.25) is 0 Å². The molecule has 0 aliphatic heterocycles. The maximum absolute atomic E-state index is 11.6. The van der Waals surface area contributed by atoms with Crippen molar-refractivity contribution in [3.8, 4) is 0 Å². The van der Waals surface area contributed by atoms with Crippen molar-refractivity contribution in [2.24, 2.45) is 12.8 Å². The van der Waals surface area contributed by atoms with Gasteiger partial charge in [-0.3, -0.25) is 9.48 Å². The van der Waals surface area contributed by atoms with E-state index in [1.54, 1.807) is 4.68 Å². The first-order chi connectivity index (χ1) is 8.13. The summed E-state index contributed by atoms with van der Waals surface area (Å²) in [5.41, 5.74) is 6.31. The molecular formula is C12H22N4O. The molecule has 3 N–H and O–H groups in total. The van der Waals surface area contributed by atoms with E-state index in [4.69, 9.17) is 5.73 Å². The van der Waals surface area contributed by atoms with Crippen molar-refractivity contribution in [1.29, 1.82) is 0 Å². The fraction of sp³-hybridized carbons (Fsp3) is 0.667. The third kappa shape index (κ3) is 4.99. The Morgan fingerprint density at radius 2 is 2.12 bits per heavy atom. The van der Waals surface area contributed by atoms with E-state index in [0.717, 1.165) is 43.7 Å². The van der Waals surface area contributed by atoms with Gasteiger partial charge in [-0.1, -0.05) is 12.8 Å². The van der Waals surface area contributed by atoms with E-state index in [1.807, 2.05) is 20.0 Å². The molecule has 1 amide bonds. The van der Waals surface area contributed by atoms with Crippen molar-refractivity contribution in [3.05, 3.63) is 11.8 Å². The van der Waals surface area contributed by atoms with Gasteiger partial charge in [0.05, 0.1) is 5.69 Å². The molecule has 1 aromatic heterocycles. The average Bonchev–Trinajstić information content (AvgIpc) is 2.57. The first-order valence-corrected chi connectivity index (χ1v) is 6.14. The summed E-state index contributed by atoms with van der Waals surface area (Å²) in [6, 6.07) is 1.87. The zero-order valence-electron chi connectivity index (χ0n) is 10.7. The van der Waals surface area contributed by atoms with Crippen LogP contribution in [0.3, 0.4) is 0 Å². The van der Waals surface area contributed by atoms with E-state index in [1.165, 1.54) is 0 Å². The van der Waals surface area contributed by atoms with Crippen molar-refractivity contribution >= 4 is 11.7 Å². The number of unbranched alkanes of at least 4 members (excludes halogenated alkanes) is 3. The van der Waals surface area contributed by atoms with Gasteiger partial charge in [0.15, 0.2) is 0 Å². The smallest absolute Gasteiger partial charge is 0.225 e. The van der Waals surface area contributed by atoms with Crippen molar-refractivity contribution in [2.45, 2.75) is 39.0 Å². The Balaban J connectivity index is 2.23. The van der Waals surface area contributed by atoms with Gasteiger partial charge in [-0.15, -0.1) is 0 Å². The maximum atomic E-state index is 11.6. The normalized spacial score (nSPS) is 10.5. The topological polar surface area (TPSA) is 72.9 Å². The lowest BCUT2D eigenvalue weighted by atomic mass is 10.1. The number of amides is 1. The second-order valence-electron chi connectivity index (χ2n) is 4.30. The SMILES string of the molecule is Cc1cc(NC(=O)CCCCCCN)n(C)n1. The van der Waals surface area contributed by atoms with Crippen molar-refractivity contribution in [1.82, 2.24) is 9.78 Å². The minimum absolute atomic E-state index is 0.0562. The summed E-state index contributed by atoms with van der Waals surface area (Å²) in [5, 5.41) is 7.03. The summed E-state index contributed by atoms with van der Waals surface area (Å²) in [6.07, 6.45) is 4.70. The van der Waals surface area contributed by atoms with E-state index in [9.17, 15) is 4.79 Å². The molecule has 5 heteroatoms. The molecule has 0 aliphatic rings. The van der Waals surface area contributed by atoms with Gasteiger partial charge in [0.1, 0.15) is 5.82 Å². The van der Waals surface area contributed by atoms with Crippen LogP contribution in [-0.2, 0) is 11.8 Å². The molecule has 1 heterocycles. The highest BCUT2D eigenvalue weighted by Crippen LogP contribution is 2.09. The quantitative estimate of drug-likeness (QED) is 0.708. The summed E-state index contributed by atoms with van der Waals surface area (Å²) in [4.78, 5) is 11.6. The molecule has 0 aromatic carbocycles. The Bertz CT molecular complexity index is 359. The number of nitrogens with two attached hydrogens (primary N) is 1.